The van der Waals surface area contributed by atoms with Gasteiger partial charge in [0.05, 0.1) is 12.1 Å². The van der Waals surface area contributed by atoms with Gasteiger partial charge in [0.1, 0.15) is 34.5 Å². The molecule has 0 unspecified atom stereocenters. The first-order chi connectivity index (χ1) is 23.8. The molecule has 50 heavy (non-hydrogen) atoms. The van der Waals surface area contributed by atoms with Gasteiger partial charge in [-0.1, -0.05) is 12.1 Å². The number of hydrogen-bond acceptors (Lipinski definition) is 9. The predicted molar refractivity (Wildman–Crippen MR) is 179 cm³/mol. The Morgan fingerprint density at radius 2 is 1.88 bits per heavy atom. The van der Waals surface area contributed by atoms with Crippen LogP contribution in [0.2, 0.25) is 0 Å². The molecule has 1 spiro atoms. The molecule has 3 aromatic heterocycles. The molecule has 2 aliphatic heterocycles. The lowest BCUT2D eigenvalue weighted by Gasteiger charge is -2.27. The predicted octanol–water partition coefficient (Wildman–Crippen LogP) is 4.22. The number of aryl methyl sites for hydroxylation is 1. The number of fused-ring (bicyclic) bond motifs is 3. The molecule has 5 heterocycles. The molecule has 13 nitrogen and oxygen atoms in total. The van der Waals surface area contributed by atoms with Gasteiger partial charge in [-0.2, -0.15) is 13.9 Å². The number of amides is 3. The molecule has 3 atom stereocenters. The topological polar surface area (TPSA) is 161 Å². The number of nitrogens with zero attached hydrogens (tertiary/aromatic N) is 6. The lowest BCUT2D eigenvalue weighted by Crippen LogP contribution is -2.47. The summed E-state index contributed by atoms with van der Waals surface area (Å²) >= 11 is 3.33. The highest BCUT2D eigenvalue weighted by molar-refractivity contribution is 9.10. The first-order valence-electron chi connectivity index (χ1n) is 16.2. The number of piperidine rings is 1. The summed E-state index contributed by atoms with van der Waals surface area (Å²) in [5, 5.41) is 10.3. The number of anilines is 1. The fraction of sp³-hybridized carbons (Fsp3) is 0.412. The van der Waals surface area contributed by atoms with Gasteiger partial charge in [-0.25, -0.2) is 15.0 Å². The summed E-state index contributed by atoms with van der Waals surface area (Å²) in [4.78, 5) is 67.8. The van der Waals surface area contributed by atoms with E-state index in [9.17, 15) is 28.0 Å². The second-order valence-electron chi connectivity index (χ2n) is 13.1. The van der Waals surface area contributed by atoms with Crippen molar-refractivity contribution >= 4 is 56.2 Å². The first kappa shape index (κ1) is 33.8. The van der Waals surface area contributed by atoms with Crippen LogP contribution in [0.15, 0.2) is 47.3 Å². The second kappa shape index (κ2) is 12.9. The van der Waals surface area contributed by atoms with Crippen LogP contribution in [0.1, 0.15) is 54.5 Å². The number of halogens is 3. The number of rotatable bonds is 4. The summed E-state index contributed by atoms with van der Waals surface area (Å²) in [5.41, 5.74) is 1.97. The van der Waals surface area contributed by atoms with Crippen LogP contribution < -0.4 is 10.6 Å². The number of ketones is 1. The number of likely N-dealkylation sites (tertiary alicyclic amines) is 1. The maximum atomic E-state index is 14.8. The largest absolute Gasteiger partial charge is 0.377 e. The normalized spacial score (nSPS) is 23.5. The number of carbonyl (C=O) groups excluding carboxylic acids is 4. The molecule has 1 aromatic carbocycles. The average Bonchev–Trinajstić information content (AvgIpc) is 3.50. The summed E-state index contributed by atoms with van der Waals surface area (Å²) in [5.74, 6) is -5.44. The van der Waals surface area contributed by atoms with Crippen molar-refractivity contribution < 1.29 is 32.7 Å². The first-order valence-corrected chi connectivity index (χ1v) is 17.0. The van der Waals surface area contributed by atoms with Crippen LogP contribution in [0.3, 0.4) is 0 Å². The van der Waals surface area contributed by atoms with Crippen molar-refractivity contribution in [2.75, 3.05) is 18.5 Å². The van der Waals surface area contributed by atoms with E-state index in [1.165, 1.54) is 16.5 Å². The number of aromatic nitrogens is 5. The molecule has 1 saturated heterocycles. The lowest BCUT2D eigenvalue weighted by atomic mass is 9.98. The van der Waals surface area contributed by atoms with E-state index in [2.05, 4.69) is 46.6 Å². The van der Waals surface area contributed by atoms with Gasteiger partial charge in [0.15, 0.2) is 5.78 Å². The number of Topliss-reactive ketones (excluding diaryl/α,β-unsaturated/α-hetero) is 1. The van der Waals surface area contributed by atoms with Crippen LogP contribution in [-0.4, -0.2) is 84.3 Å². The summed E-state index contributed by atoms with van der Waals surface area (Å²) in [6.45, 7) is 2.70. The summed E-state index contributed by atoms with van der Waals surface area (Å²) < 4.78 is 37.0. The lowest BCUT2D eigenvalue weighted by molar-refractivity contribution is -0.147. The van der Waals surface area contributed by atoms with Crippen molar-refractivity contribution in [1.29, 1.82) is 0 Å². The monoisotopic (exact) mass is 750 g/mol. The molecule has 3 amide bonds. The highest BCUT2D eigenvalue weighted by atomic mass is 79.9. The van der Waals surface area contributed by atoms with Gasteiger partial charge < -0.3 is 20.3 Å². The van der Waals surface area contributed by atoms with E-state index in [4.69, 9.17) is 4.74 Å². The molecule has 2 fully saturated rings. The molecular weight excluding hydrogens is 718 g/mol. The molecule has 2 bridgehead atoms. The van der Waals surface area contributed by atoms with Gasteiger partial charge in [0.25, 0.3) is 5.91 Å². The van der Waals surface area contributed by atoms with Crippen molar-refractivity contribution in [1.82, 2.24) is 34.9 Å². The zero-order chi connectivity index (χ0) is 35.4. The maximum Gasteiger partial charge on any atom is 0.324 e. The van der Waals surface area contributed by atoms with Crippen molar-refractivity contribution in [3.8, 4) is 11.1 Å². The Labute approximate surface area is 293 Å². The van der Waals surface area contributed by atoms with E-state index in [1.54, 1.807) is 43.6 Å². The van der Waals surface area contributed by atoms with Crippen LogP contribution in [0.25, 0.3) is 22.0 Å². The number of pyridine rings is 1. The van der Waals surface area contributed by atoms with E-state index in [0.29, 0.717) is 33.3 Å². The Balaban J connectivity index is 1.21. The minimum absolute atomic E-state index is 0.0168. The Hall–Kier alpha value is -4.70. The molecule has 7 rings (SSSR count). The zero-order valence-electron chi connectivity index (χ0n) is 27.2. The smallest absolute Gasteiger partial charge is 0.324 e. The van der Waals surface area contributed by atoms with Crippen molar-refractivity contribution in [2.24, 2.45) is 5.41 Å². The van der Waals surface area contributed by atoms with Crippen molar-refractivity contribution in [3.05, 3.63) is 64.4 Å². The van der Waals surface area contributed by atoms with E-state index < -0.39 is 47.6 Å². The molecular formula is C34H33BrF2N8O5. The molecule has 260 valence electrons. The third-order valence-electron chi connectivity index (χ3n) is 9.65. The zero-order valence-corrected chi connectivity index (χ0v) is 28.8. The third kappa shape index (κ3) is 6.37. The highest BCUT2D eigenvalue weighted by Crippen LogP contribution is 2.59. The van der Waals surface area contributed by atoms with Gasteiger partial charge in [0, 0.05) is 66.9 Å². The van der Waals surface area contributed by atoms with Crippen molar-refractivity contribution in [2.45, 2.75) is 70.7 Å². The molecule has 2 N–H and O–H groups in total. The van der Waals surface area contributed by atoms with Crippen molar-refractivity contribution in [3.63, 3.8) is 0 Å². The standard InChI is InChI=1S/C34H33BrF2N8O5/c1-18(46)29-23-10-20(22-13-38-19(2)39-14-22)4-6-24(23)44(43-29)15-28(47)45-25-11-33(12-26(33)45)17-40-32(49)34(36,37)8-3-9-50-16-21-5-7-27(35)41-30(21)42-31(25)48/h4-7,10,13-14,25-26H,3,8-9,11-12,15-17H2,1-2H3,(H,40,49)(H,41,42,48)/t25-,26+,33-/m0/s1. The number of hydrogen-bond donors (Lipinski definition) is 2. The van der Waals surface area contributed by atoms with E-state index in [1.807, 2.05) is 6.07 Å². The molecule has 16 heteroatoms. The summed E-state index contributed by atoms with van der Waals surface area (Å²) in [7, 11) is 0. The Bertz CT molecular complexity index is 2040. The minimum Gasteiger partial charge on any atom is -0.377 e. The van der Waals surface area contributed by atoms with Crippen LogP contribution in [0.5, 0.6) is 0 Å². The van der Waals surface area contributed by atoms with Gasteiger partial charge in [-0.15, -0.1) is 0 Å². The molecule has 4 aromatic rings. The van der Waals surface area contributed by atoms with Crippen LogP contribution in [0, 0.1) is 12.3 Å². The number of nitrogens with one attached hydrogen (secondary N) is 2. The molecule has 1 aliphatic carbocycles. The Morgan fingerprint density at radius 3 is 2.64 bits per heavy atom. The summed E-state index contributed by atoms with van der Waals surface area (Å²) in [6.07, 6.45) is 3.18. The molecule has 0 radical (unpaired) electrons. The SMILES string of the molecule is CC(=O)c1nn(CC(=O)N2[C@H]3C[C@@]4(CNC(=O)C(F)(F)CCCOCc5ccc(Br)nc5NC3=O)C[C@@H]24)c2ccc(-c3cnc(C)nc3)cc12. The van der Waals surface area contributed by atoms with Gasteiger partial charge in [-0.3, -0.25) is 23.9 Å². The van der Waals surface area contributed by atoms with Gasteiger partial charge >= 0.3 is 5.92 Å². The summed E-state index contributed by atoms with van der Waals surface area (Å²) in [6, 6.07) is 7.26. The minimum atomic E-state index is -3.61. The quantitative estimate of drug-likeness (QED) is 0.230. The Kier molecular flexibility index (Phi) is 8.70. The van der Waals surface area contributed by atoms with E-state index in [-0.39, 0.29) is 56.4 Å². The number of benzene rings is 1. The Morgan fingerprint density at radius 1 is 1.10 bits per heavy atom. The van der Waals surface area contributed by atoms with Crippen LogP contribution >= 0.6 is 15.9 Å². The van der Waals surface area contributed by atoms with Gasteiger partial charge in [-0.05, 0) is 65.9 Å². The number of carbonyl (C=O) groups is 4. The maximum absolute atomic E-state index is 14.8. The molecule has 1 saturated carbocycles. The molecule has 3 aliphatic rings. The fourth-order valence-corrected chi connectivity index (χ4v) is 7.24. The van der Waals surface area contributed by atoms with E-state index >= 15 is 0 Å². The van der Waals surface area contributed by atoms with E-state index in [0.717, 1.165) is 11.1 Å². The highest BCUT2D eigenvalue weighted by Gasteiger charge is 2.67. The average molecular weight is 752 g/mol. The van der Waals surface area contributed by atoms with Gasteiger partial charge in [0.2, 0.25) is 11.8 Å². The third-order valence-corrected chi connectivity index (χ3v) is 10.1. The second-order valence-corrected chi connectivity index (χ2v) is 13.9. The number of alkyl halides is 2. The van der Waals surface area contributed by atoms with Crippen LogP contribution in [0.4, 0.5) is 14.6 Å². The number of ether oxygens (including phenoxy) is 1. The van der Waals surface area contributed by atoms with Crippen LogP contribution in [-0.2, 0) is 32.3 Å². The fourth-order valence-electron chi connectivity index (χ4n) is 6.93.